The van der Waals surface area contributed by atoms with E-state index in [4.69, 9.17) is 4.74 Å². The van der Waals surface area contributed by atoms with E-state index in [2.05, 4.69) is 0 Å². The number of hydrogen-bond donors (Lipinski definition) is 0. The summed E-state index contributed by atoms with van der Waals surface area (Å²) in [5.74, 6) is -1.35. The molecule has 1 fully saturated rings. The van der Waals surface area contributed by atoms with Gasteiger partial charge in [0, 0.05) is 6.54 Å². The maximum atomic E-state index is 12.6. The summed E-state index contributed by atoms with van der Waals surface area (Å²) in [7, 11) is 0. The molecule has 26 heavy (non-hydrogen) atoms. The van der Waals surface area contributed by atoms with Crippen LogP contribution in [0, 0.1) is 0 Å². The second-order valence-corrected chi connectivity index (χ2v) is 5.55. The Bertz CT molecular complexity index is 861. The van der Waals surface area contributed by atoms with Gasteiger partial charge in [-0.2, -0.15) is 0 Å². The third-order valence-corrected chi connectivity index (χ3v) is 3.86. The van der Waals surface area contributed by atoms with Gasteiger partial charge in [0.25, 0.3) is 0 Å². The first-order valence-corrected chi connectivity index (χ1v) is 8.26. The summed E-state index contributed by atoms with van der Waals surface area (Å²) in [4.78, 5) is 39.0. The Morgan fingerprint density at radius 3 is 2.35 bits per heavy atom. The van der Waals surface area contributed by atoms with Crippen molar-refractivity contribution in [2.24, 2.45) is 0 Å². The minimum atomic E-state index is -0.879. The maximum absolute atomic E-state index is 12.6. The number of nitrogens with zero attached hydrogens (tertiary/aromatic N) is 2. The molecule has 0 N–H and O–H groups in total. The van der Waals surface area contributed by atoms with E-state index in [1.807, 2.05) is 30.3 Å². The van der Waals surface area contributed by atoms with E-state index in [1.165, 1.54) is 0 Å². The van der Waals surface area contributed by atoms with Crippen LogP contribution in [0.4, 0.5) is 10.5 Å². The van der Waals surface area contributed by atoms with Crippen LogP contribution in [-0.2, 0) is 9.59 Å². The normalized spacial score (nSPS) is 14.6. The smallest absolute Gasteiger partial charge is 0.339 e. The quantitative estimate of drug-likeness (QED) is 0.593. The van der Waals surface area contributed by atoms with E-state index in [9.17, 15) is 14.4 Å². The zero-order valence-corrected chi connectivity index (χ0v) is 14.3. The van der Waals surface area contributed by atoms with Gasteiger partial charge >= 0.3 is 17.8 Å². The van der Waals surface area contributed by atoms with Crippen molar-refractivity contribution in [3.8, 4) is 5.75 Å². The fraction of sp³-hybridized carbons (Fsp3) is 0.150. The van der Waals surface area contributed by atoms with Crippen LogP contribution in [0.15, 0.2) is 60.7 Å². The number of benzene rings is 2. The predicted octanol–water partition coefficient (Wildman–Crippen LogP) is 3.09. The molecule has 3 rings (SSSR count). The van der Waals surface area contributed by atoms with Crippen molar-refractivity contribution >= 4 is 29.6 Å². The van der Waals surface area contributed by atoms with Gasteiger partial charge in [0.2, 0.25) is 0 Å². The maximum Gasteiger partial charge on any atom is 0.339 e. The summed E-state index contributed by atoms with van der Waals surface area (Å²) in [6, 6.07) is 15.5. The number of imide groups is 2. The van der Waals surface area contributed by atoms with Crippen molar-refractivity contribution in [1.29, 1.82) is 0 Å². The van der Waals surface area contributed by atoms with Crippen LogP contribution in [0.3, 0.4) is 0 Å². The first-order valence-electron chi connectivity index (χ1n) is 8.26. The molecule has 0 spiro atoms. The highest BCUT2D eigenvalue weighted by molar-refractivity contribution is 6.53. The van der Waals surface area contributed by atoms with Crippen LogP contribution in [0.1, 0.15) is 12.5 Å². The van der Waals surface area contributed by atoms with Gasteiger partial charge in [-0.1, -0.05) is 54.6 Å². The lowest BCUT2D eigenvalue weighted by Crippen LogP contribution is -2.33. The average molecular weight is 350 g/mol. The molecular formula is C20H18N2O4. The van der Waals surface area contributed by atoms with Crippen molar-refractivity contribution in [2.75, 3.05) is 18.1 Å². The van der Waals surface area contributed by atoms with Gasteiger partial charge in [-0.3, -0.25) is 14.5 Å². The summed E-state index contributed by atoms with van der Waals surface area (Å²) in [5.41, 5.74) is 1.21. The third-order valence-electron chi connectivity index (χ3n) is 3.86. The van der Waals surface area contributed by atoms with Gasteiger partial charge in [0.1, 0.15) is 5.75 Å². The van der Waals surface area contributed by atoms with Crippen molar-refractivity contribution in [1.82, 2.24) is 4.90 Å². The molecule has 0 saturated carbocycles. The highest BCUT2D eigenvalue weighted by Gasteiger charge is 2.45. The number of para-hydroxylation sites is 2. The largest absolute Gasteiger partial charge is 0.492 e. The fourth-order valence-electron chi connectivity index (χ4n) is 2.66. The standard InChI is InChI=1S/C20H18N2O4/c1-2-26-17-13-7-6-12-16(17)22-19(24)18(23)21(20(22)25)14-8-11-15-9-4-3-5-10-15/h3-13H,2,14H2,1H3/b11-8+. The number of carbonyl (C=O) groups excluding carboxylic acids is 3. The molecule has 2 aromatic carbocycles. The van der Waals surface area contributed by atoms with E-state index in [-0.39, 0.29) is 12.2 Å². The zero-order valence-electron chi connectivity index (χ0n) is 14.3. The summed E-state index contributed by atoms with van der Waals surface area (Å²) >= 11 is 0. The first kappa shape index (κ1) is 17.4. The van der Waals surface area contributed by atoms with Gasteiger partial charge in [-0.25, -0.2) is 9.69 Å². The number of amides is 4. The second kappa shape index (κ2) is 7.65. The van der Waals surface area contributed by atoms with Gasteiger partial charge in [-0.05, 0) is 24.6 Å². The molecule has 0 radical (unpaired) electrons. The number of anilines is 1. The van der Waals surface area contributed by atoms with Crippen molar-refractivity contribution in [2.45, 2.75) is 6.92 Å². The highest BCUT2D eigenvalue weighted by Crippen LogP contribution is 2.31. The summed E-state index contributed by atoms with van der Waals surface area (Å²) in [5, 5.41) is 0. The average Bonchev–Trinajstić information content (AvgIpc) is 2.87. The number of carbonyl (C=O) groups is 3. The molecule has 0 bridgehead atoms. The molecule has 1 aliphatic heterocycles. The van der Waals surface area contributed by atoms with E-state index in [0.29, 0.717) is 12.4 Å². The summed E-state index contributed by atoms with van der Waals surface area (Å²) < 4.78 is 5.47. The molecule has 0 unspecified atom stereocenters. The topological polar surface area (TPSA) is 66.9 Å². The molecule has 2 aromatic rings. The van der Waals surface area contributed by atoms with Crippen LogP contribution in [0.2, 0.25) is 0 Å². The van der Waals surface area contributed by atoms with E-state index >= 15 is 0 Å². The number of ether oxygens (including phenoxy) is 1. The Morgan fingerprint density at radius 1 is 0.923 bits per heavy atom. The molecule has 6 heteroatoms. The summed E-state index contributed by atoms with van der Waals surface area (Å²) in [6.45, 7) is 2.20. The first-order chi connectivity index (χ1) is 12.6. The highest BCUT2D eigenvalue weighted by atomic mass is 16.5. The van der Waals surface area contributed by atoms with Crippen molar-refractivity contribution in [3.05, 3.63) is 66.2 Å². The molecule has 0 atom stereocenters. The van der Waals surface area contributed by atoms with Crippen LogP contribution >= 0.6 is 0 Å². The monoisotopic (exact) mass is 350 g/mol. The minimum Gasteiger partial charge on any atom is -0.492 e. The Kier molecular flexibility index (Phi) is 5.12. The Labute approximate surface area is 151 Å². The zero-order chi connectivity index (χ0) is 18.5. The molecule has 1 aliphatic rings. The molecule has 132 valence electrons. The van der Waals surface area contributed by atoms with Crippen LogP contribution in [0.5, 0.6) is 5.75 Å². The van der Waals surface area contributed by atoms with E-state index in [0.717, 1.165) is 15.4 Å². The molecule has 0 aliphatic carbocycles. The third kappa shape index (κ3) is 3.35. The fourth-order valence-corrected chi connectivity index (χ4v) is 2.66. The SMILES string of the molecule is CCOc1ccccc1N1C(=O)C(=O)N(C/C=C/c2ccccc2)C1=O. The van der Waals surface area contributed by atoms with E-state index in [1.54, 1.807) is 43.3 Å². The lowest BCUT2D eigenvalue weighted by molar-refractivity contribution is -0.139. The van der Waals surface area contributed by atoms with Gasteiger partial charge in [0.15, 0.2) is 0 Å². The van der Waals surface area contributed by atoms with Gasteiger partial charge in [0.05, 0.1) is 12.3 Å². The lowest BCUT2D eigenvalue weighted by Gasteiger charge is -2.17. The molecule has 0 aromatic heterocycles. The Hall–Kier alpha value is -3.41. The van der Waals surface area contributed by atoms with Crippen LogP contribution in [0.25, 0.3) is 6.08 Å². The lowest BCUT2D eigenvalue weighted by atomic mass is 10.2. The number of urea groups is 1. The van der Waals surface area contributed by atoms with Crippen LogP contribution < -0.4 is 9.64 Å². The minimum absolute atomic E-state index is 0.0194. The second-order valence-electron chi connectivity index (χ2n) is 5.55. The van der Waals surface area contributed by atoms with Crippen LogP contribution in [-0.4, -0.2) is 35.9 Å². The molecule has 1 heterocycles. The number of hydrogen-bond acceptors (Lipinski definition) is 4. The Balaban J connectivity index is 1.81. The molecule has 4 amide bonds. The van der Waals surface area contributed by atoms with Gasteiger partial charge < -0.3 is 4.74 Å². The predicted molar refractivity (Wildman–Crippen MR) is 97.7 cm³/mol. The van der Waals surface area contributed by atoms with Crippen molar-refractivity contribution < 1.29 is 19.1 Å². The molecular weight excluding hydrogens is 332 g/mol. The molecule has 6 nitrogen and oxygen atoms in total. The van der Waals surface area contributed by atoms with Gasteiger partial charge in [-0.15, -0.1) is 0 Å². The molecule has 1 saturated heterocycles. The summed E-state index contributed by atoms with van der Waals surface area (Å²) in [6.07, 6.45) is 3.47. The van der Waals surface area contributed by atoms with Crippen molar-refractivity contribution in [3.63, 3.8) is 0 Å². The van der Waals surface area contributed by atoms with E-state index < -0.39 is 17.8 Å². The Morgan fingerprint density at radius 2 is 1.62 bits per heavy atom. The number of rotatable bonds is 6.